The summed E-state index contributed by atoms with van der Waals surface area (Å²) in [6.45, 7) is 0. The van der Waals surface area contributed by atoms with E-state index < -0.39 is 0 Å². The van der Waals surface area contributed by atoms with Crippen molar-refractivity contribution in [2.24, 2.45) is 0 Å². The van der Waals surface area contributed by atoms with Crippen LogP contribution in [0.2, 0.25) is 5.22 Å². The number of furan rings is 1. The Morgan fingerprint density at radius 1 is 1.44 bits per heavy atom. The average molecular weight is 333 g/mol. The molecule has 2 nitrogen and oxygen atoms in total. The molecule has 1 N–H and O–H groups in total. The Hall–Kier alpha value is -0.840. The van der Waals surface area contributed by atoms with Gasteiger partial charge in [0.15, 0.2) is 5.22 Å². The molecule has 18 heavy (non-hydrogen) atoms. The van der Waals surface area contributed by atoms with Gasteiger partial charge in [0.1, 0.15) is 5.82 Å². The minimum Gasteiger partial charge on any atom is -0.453 e. The Kier molecular flexibility index (Phi) is 4.43. The van der Waals surface area contributed by atoms with Gasteiger partial charge in [0.25, 0.3) is 0 Å². The Morgan fingerprint density at radius 2 is 2.22 bits per heavy atom. The van der Waals surface area contributed by atoms with Crippen molar-refractivity contribution < 1.29 is 8.81 Å². The lowest BCUT2D eigenvalue weighted by atomic mass is 10.0. The lowest BCUT2D eigenvalue weighted by Crippen LogP contribution is -2.18. The van der Waals surface area contributed by atoms with E-state index in [1.54, 1.807) is 18.4 Å². The zero-order valence-electron chi connectivity index (χ0n) is 9.71. The summed E-state index contributed by atoms with van der Waals surface area (Å²) in [4.78, 5) is 0. The van der Waals surface area contributed by atoms with Crippen LogP contribution in [-0.4, -0.2) is 7.05 Å². The van der Waals surface area contributed by atoms with E-state index >= 15 is 0 Å². The maximum Gasteiger partial charge on any atom is 0.197 e. The smallest absolute Gasteiger partial charge is 0.197 e. The zero-order valence-corrected chi connectivity index (χ0v) is 12.1. The number of benzene rings is 1. The fraction of sp³-hybridized carbons (Fsp3) is 0.231. The predicted molar refractivity (Wildman–Crippen MR) is 73.3 cm³/mol. The zero-order chi connectivity index (χ0) is 13.1. The second kappa shape index (κ2) is 5.87. The van der Waals surface area contributed by atoms with E-state index in [9.17, 15) is 4.39 Å². The number of nitrogens with one attached hydrogen (secondary N) is 1. The summed E-state index contributed by atoms with van der Waals surface area (Å²) in [7, 11) is 1.85. The van der Waals surface area contributed by atoms with Crippen molar-refractivity contribution >= 4 is 27.5 Å². The minimum absolute atomic E-state index is 0.0358. The number of hydrogen-bond acceptors (Lipinski definition) is 2. The normalized spacial score (nSPS) is 12.7. The van der Waals surface area contributed by atoms with Gasteiger partial charge in [-0.15, -0.1) is 0 Å². The van der Waals surface area contributed by atoms with Gasteiger partial charge in [-0.3, -0.25) is 0 Å². The van der Waals surface area contributed by atoms with Crippen molar-refractivity contribution in [1.82, 2.24) is 5.32 Å². The van der Waals surface area contributed by atoms with Crippen LogP contribution in [0.5, 0.6) is 0 Å². The number of halogens is 3. The molecule has 1 aromatic heterocycles. The van der Waals surface area contributed by atoms with E-state index in [0.29, 0.717) is 16.1 Å². The molecular weight excluding hydrogens is 321 g/mol. The van der Waals surface area contributed by atoms with Gasteiger partial charge in [0.05, 0.1) is 10.7 Å². The first-order valence-electron chi connectivity index (χ1n) is 5.46. The third kappa shape index (κ3) is 2.94. The molecule has 0 aliphatic carbocycles. The molecule has 0 fully saturated rings. The highest BCUT2D eigenvalue weighted by atomic mass is 79.9. The van der Waals surface area contributed by atoms with Crippen LogP contribution in [0.25, 0.3) is 0 Å². The van der Waals surface area contributed by atoms with Crippen LogP contribution in [0.3, 0.4) is 0 Å². The number of hydrogen-bond donors (Lipinski definition) is 1. The summed E-state index contributed by atoms with van der Waals surface area (Å²) in [5, 5.41) is 3.56. The van der Waals surface area contributed by atoms with E-state index in [1.807, 2.05) is 13.1 Å². The molecule has 0 saturated heterocycles. The minimum atomic E-state index is -0.263. The molecule has 2 rings (SSSR count). The molecule has 0 bridgehead atoms. The fourth-order valence-corrected chi connectivity index (χ4v) is 2.50. The van der Waals surface area contributed by atoms with Gasteiger partial charge in [-0.25, -0.2) is 4.39 Å². The topological polar surface area (TPSA) is 25.2 Å². The average Bonchev–Trinajstić information content (AvgIpc) is 2.77. The SMILES string of the molecule is CNC(Cc1ccc(F)c(Br)c1)c1ccoc1Cl. The molecule has 1 unspecified atom stereocenters. The van der Waals surface area contributed by atoms with Crippen LogP contribution in [0.4, 0.5) is 4.39 Å². The van der Waals surface area contributed by atoms with Crippen LogP contribution in [0, 0.1) is 5.82 Å². The highest BCUT2D eigenvalue weighted by Gasteiger charge is 2.16. The molecule has 0 amide bonds. The van der Waals surface area contributed by atoms with Crippen molar-refractivity contribution in [1.29, 1.82) is 0 Å². The fourth-order valence-electron chi connectivity index (χ4n) is 1.82. The number of rotatable bonds is 4. The van der Waals surface area contributed by atoms with E-state index in [2.05, 4.69) is 21.2 Å². The second-order valence-corrected chi connectivity index (χ2v) is 5.14. The molecule has 0 aliphatic rings. The van der Waals surface area contributed by atoms with Gasteiger partial charge < -0.3 is 9.73 Å². The Balaban J connectivity index is 2.20. The van der Waals surface area contributed by atoms with Crippen LogP contribution in [0.1, 0.15) is 17.2 Å². The quantitative estimate of drug-likeness (QED) is 0.901. The molecule has 5 heteroatoms. The summed E-state index contributed by atoms with van der Waals surface area (Å²) in [5.41, 5.74) is 1.92. The molecule has 1 aromatic carbocycles. The van der Waals surface area contributed by atoms with E-state index in [-0.39, 0.29) is 11.9 Å². The lowest BCUT2D eigenvalue weighted by molar-refractivity contribution is 0.543. The third-order valence-corrected chi connectivity index (χ3v) is 3.71. The van der Waals surface area contributed by atoms with Crippen LogP contribution >= 0.6 is 27.5 Å². The lowest BCUT2D eigenvalue weighted by Gasteiger charge is -2.15. The van der Waals surface area contributed by atoms with Crippen LogP contribution in [0.15, 0.2) is 39.4 Å². The molecule has 1 atom stereocenters. The van der Waals surface area contributed by atoms with Gasteiger partial charge in [0, 0.05) is 11.6 Å². The van der Waals surface area contributed by atoms with Crippen LogP contribution in [-0.2, 0) is 6.42 Å². The number of likely N-dealkylation sites (N-methyl/N-ethyl adjacent to an activating group) is 1. The third-order valence-electron chi connectivity index (χ3n) is 2.79. The summed E-state index contributed by atoms with van der Waals surface area (Å²) in [5.74, 6) is -0.263. The van der Waals surface area contributed by atoms with Gasteiger partial charge in [-0.1, -0.05) is 6.07 Å². The maximum atomic E-state index is 13.2. The Bertz CT molecular complexity index is 544. The first kappa shape index (κ1) is 13.6. The van der Waals surface area contributed by atoms with Gasteiger partial charge >= 0.3 is 0 Å². The molecule has 0 saturated carbocycles. The standard InChI is InChI=1S/C13H12BrClFNO/c1-17-12(9-4-5-18-13(9)15)7-8-2-3-11(16)10(14)6-8/h2-6,12,17H,7H2,1H3. The molecule has 2 aromatic rings. The summed E-state index contributed by atoms with van der Waals surface area (Å²) in [6.07, 6.45) is 2.26. The van der Waals surface area contributed by atoms with E-state index in [0.717, 1.165) is 11.1 Å². The monoisotopic (exact) mass is 331 g/mol. The first-order chi connectivity index (χ1) is 8.61. The predicted octanol–water partition coefficient (Wildman–Crippen LogP) is 4.34. The van der Waals surface area contributed by atoms with Crippen molar-refractivity contribution in [2.75, 3.05) is 7.05 Å². The van der Waals surface area contributed by atoms with Crippen molar-refractivity contribution in [2.45, 2.75) is 12.5 Å². The molecule has 1 heterocycles. The molecule has 0 radical (unpaired) electrons. The Morgan fingerprint density at radius 3 is 2.78 bits per heavy atom. The van der Waals surface area contributed by atoms with Gasteiger partial charge in [-0.05, 0) is 64.8 Å². The highest BCUT2D eigenvalue weighted by Crippen LogP contribution is 2.27. The van der Waals surface area contributed by atoms with Crippen molar-refractivity contribution in [3.05, 3.63) is 57.2 Å². The summed E-state index contributed by atoms with van der Waals surface area (Å²) >= 11 is 9.14. The Labute approximate surface area is 118 Å². The van der Waals surface area contributed by atoms with Gasteiger partial charge in [-0.2, -0.15) is 0 Å². The van der Waals surface area contributed by atoms with Crippen LogP contribution < -0.4 is 5.32 Å². The van der Waals surface area contributed by atoms with E-state index in [1.165, 1.54) is 6.07 Å². The highest BCUT2D eigenvalue weighted by molar-refractivity contribution is 9.10. The second-order valence-electron chi connectivity index (χ2n) is 3.94. The molecule has 96 valence electrons. The molecular formula is C13H12BrClFNO. The maximum absolute atomic E-state index is 13.2. The first-order valence-corrected chi connectivity index (χ1v) is 6.63. The largest absolute Gasteiger partial charge is 0.453 e. The summed E-state index contributed by atoms with van der Waals surface area (Å²) < 4.78 is 18.7. The molecule has 0 spiro atoms. The van der Waals surface area contributed by atoms with E-state index in [4.69, 9.17) is 16.0 Å². The van der Waals surface area contributed by atoms with Crippen molar-refractivity contribution in [3.8, 4) is 0 Å². The molecule has 0 aliphatic heterocycles. The summed E-state index contributed by atoms with van der Waals surface area (Å²) in [6, 6.07) is 6.85. The van der Waals surface area contributed by atoms with Gasteiger partial charge in [0.2, 0.25) is 0 Å². The van der Waals surface area contributed by atoms with Crippen molar-refractivity contribution in [3.63, 3.8) is 0 Å².